The lowest BCUT2D eigenvalue weighted by Gasteiger charge is -2.07. The molecule has 20 heavy (non-hydrogen) atoms. The minimum atomic E-state index is -1.26. The zero-order valence-electron chi connectivity index (χ0n) is 10.5. The summed E-state index contributed by atoms with van der Waals surface area (Å²) in [4.78, 5) is 24.9. The molecule has 0 saturated heterocycles. The van der Waals surface area contributed by atoms with E-state index >= 15 is 0 Å². The molecule has 0 aliphatic heterocycles. The Morgan fingerprint density at radius 2 is 2.00 bits per heavy atom. The minimum absolute atomic E-state index is 0.00357. The van der Waals surface area contributed by atoms with Gasteiger partial charge in [-0.2, -0.15) is 0 Å². The Morgan fingerprint density at radius 1 is 1.35 bits per heavy atom. The number of hydrogen-bond donors (Lipinski definition) is 2. The fourth-order valence-electron chi connectivity index (χ4n) is 1.58. The molecule has 1 aromatic heterocycles. The SMILES string of the molecule is Cc1ccc(Nc2ncc(C(=O)O)cc2[N+](=O)[O-])cc1. The Kier molecular flexibility index (Phi) is 3.60. The van der Waals surface area contributed by atoms with E-state index in [2.05, 4.69) is 10.3 Å². The third-order valence-electron chi connectivity index (χ3n) is 2.63. The maximum Gasteiger partial charge on any atom is 0.337 e. The molecule has 1 heterocycles. The first kappa shape index (κ1) is 13.5. The van der Waals surface area contributed by atoms with Gasteiger partial charge in [0.15, 0.2) is 0 Å². The number of nitrogens with one attached hydrogen (secondary N) is 1. The lowest BCUT2D eigenvalue weighted by molar-refractivity contribution is -0.384. The molecule has 2 N–H and O–H groups in total. The third kappa shape index (κ3) is 2.89. The predicted molar refractivity (Wildman–Crippen MR) is 72.3 cm³/mol. The molecule has 0 amide bonds. The highest BCUT2D eigenvalue weighted by molar-refractivity contribution is 5.89. The van der Waals surface area contributed by atoms with Crippen LogP contribution < -0.4 is 5.32 Å². The molecule has 7 heteroatoms. The van der Waals surface area contributed by atoms with E-state index in [9.17, 15) is 14.9 Å². The lowest BCUT2D eigenvalue weighted by Crippen LogP contribution is -2.04. The van der Waals surface area contributed by atoms with Crippen molar-refractivity contribution in [2.75, 3.05) is 5.32 Å². The van der Waals surface area contributed by atoms with Gasteiger partial charge in [0, 0.05) is 18.0 Å². The number of hydrogen-bond acceptors (Lipinski definition) is 5. The summed E-state index contributed by atoms with van der Waals surface area (Å²) in [6.07, 6.45) is 1.08. The van der Waals surface area contributed by atoms with E-state index in [1.807, 2.05) is 19.1 Å². The molecular weight excluding hydrogens is 262 g/mol. The van der Waals surface area contributed by atoms with E-state index in [4.69, 9.17) is 5.11 Å². The average molecular weight is 273 g/mol. The quantitative estimate of drug-likeness (QED) is 0.655. The van der Waals surface area contributed by atoms with Gasteiger partial charge in [-0.05, 0) is 19.1 Å². The predicted octanol–water partition coefficient (Wildman–Crippen LogP) is 2.74. The van der Waals surface area contributed by atoms with Crippen molar-refractivity contribution in [2.24, 2.45) is 0 Å². The number of aromatic carboxylic acids is 1. The van der Waals surface area contributed by atoms with E-state index in [-0.39, 0.29) is 17.1 Å². The minimum Gasteiger partial charge on any atom is -0.478 e. The van der Waals surface area contributed by atoms with Gasteiger partial charge in [0.25, 0.3) is 0 Å². The van der Waals surface area contributed by atoms with Gasteiger partial charge in [0.05, 0.1) is 10.5 Å². The molecule has 0 atom stereocenters. The van der Waals surface area contributed by atoms with Crippen molar-refractivity contribution in [3.05, 3.63) is 57.8 Å². The molecule has 0 fully saturated rings. The summed E-state index contributed by atoms with van der Waals surface area (Å²) in [7, 11) is 0. The van der Waals surface area contributed by atoms with Crippen molar-refractivity contribution in [1.29, 1.82) is 0 Å². The second-order valence-electron chi connectivity index (χ2n) is 4.15. The van der Waals surface area contributed by atoms with E-state index in [1.54, 1.807) is 12.1 Å². The van der Waals surface area contributed by atoms with Crippen molar-refractivity contribution in [3.8, 4) is 0 Å². The maximum atomic E-state index is 11.0. The number of carboxylic acids is 1. The molecule has 0 spiro atoms. The first-order valence-electron chi connectivity index (χ1n) is 5.69. The molecule has 2 aromatic rings. The van der Waals surface area contributed by atoms with Crippen molar-refractivity contribution >= 4 is 23.2 Å². The highest BCUT2D eigenvalue weighted by atomic mass is 16.6. The summed E-state index contributed by atoms with van der Waals surface area (Å²) in [5.41, 5.74) is 1.07. The van der Waals surface area contributed by atoms with Crippen LogP contribution in [0.5, 0.6) is 0 Å². The van der Waals surface area contributed by atoms with Crippen molar-refractivity contribution in [3.63, 3.8) is 0 Å². The van der Waals surface area contributed by atoms with Crippen molar-refractivity contribution < 1.29 is 14.8 Å². The number of rotatable bonds is 4. The summed E-state index contributed by atoms with van der Waals surface area (Å²) in [6, 6.07) is 8.18. The molecule has 102 valence electrons. The number of pyridine rings is 1. The van der Waals surface area contributed by atoms with Gasteiger partial charge < -0.3 is 10.4 Å². The Bertz CT molecular complexity index is 668. The molecule has 2 rings (SSSR count). The Labute approximate surface area is 114 Å². The Morgan fingerprint density at radius 3 is 2.55 bits per heavy atom. The number of anilines is 2. The van der Waals surface area contributed by atoms with Crippen LogP contribution in [-0.2, 0) is 0 Å². The van der Waals surface area contributed by atoms with Gasteiger partial charge in [-0.15, -0.1) is 0 Å². The van der Waals surface area contributed by atoms with Crippen LogP contribution >= 0.6 is 0 Å². The van der Waals surface area contributed by atoms with Crippen LogP contribution in [0.25, 0.3) is 0 Å². The summed E-state index contributed by atoms with van der Waals surface area (Å²) in [6.45, 7) is 1.92. The molecule has 0 aliphatic rings. The molecular formula is C13H11N3O4. The number of benzene rings is 1. The zero-order valence-corrected chi connectivity index (χ0v) is 10.5. The molecule has 0 radical (unpaired) electrons. The van der Waals surface area contributed by atoms with Gasteiger partial charge in [-0.3, -0.25) is 10.1 Å². The number of aryl methyl sites for hydroxylation is 1. The second-order valence-corrected chi connectivity index (χ2v) is 4.15. The van der Waals surface area contributed by atoms with Crippen LogP contribution in [0, 0.1) is 17.0 Å². The molecule has 1 aromatic carbocycles. The second kappa shape index (κ2) is 5.35. The van der Waals surface area contributed by atoms with E-state index in [0.29, 0.717) is 5.69 Å². The van der Waals surface area contributed by atoms with Crippen LogP contribution in [0.2, 0.25) is 0 Å². The van der Waals surface area contributed by atoms with E-state index in [0.717, 1.165) is 17.8 Å². The maximum absolute atomic E-state index is 11.0. The first-order valence-corrected chi connectivity index (χ1v) is 5.69. The highest BCUT2D eigenvalue weighted by Gasteiger charge is 2.18. The van der Waals surface area contributed by atoms with Gasteiger partial charge in [-0.1, -0.05) is 17.7 Å². The summed E-state index contributed by atoms with van der Waals surface area (Å²) >= 11 is 0. The van der Waals surface area contributed by atoms with E-state index < -0.39 is 10.9 Å². The number of nitro groups is 1. The average Bonchev–Trinajstić information content (AvgIpc) is 2.41. The van der Waals surface area contributed by atoms with Gasteiger partial charge >= 0.3 is 11.7 Å². The number of aromatic nitrogens is 1. The molecule has 0 aliphatic carbocycles. The summed E-state index contributed by atoms with van der Waals surface area (Å²) in [5.74, 6) is -1.26. The molecule has 7 nitrogen and oxygen atoms in total. The van der Waals surface area contributed by atoms with Crippen LogP contribution in [0.3, 0.4) is 0 Å². The summed E-state index contributed by atoms with van der Waals surface area (Å²) < 4.78 is 0. The van der Waals surface area contributed by atoms with Gasteiger partial charge in [-0.25, -0.2) is 9.78 Å². The smallest absolute Gasteiger partial charge is 0.337 e. The Balaban J connectivity index is 2.38. The van der Waals surface area contributed by atoms with Crippen LogP contribution in [0.15, 0.2) is 36.5 Å². The third-order valence-corrected chi connectivity index (χ3v) is 2.63. The fourth-order valence-corrected chi connectivity index (χ4v) is 1.58. The van der Waals surface area contributed by atoms with Crippen molar-refractivity contribution in [1.82, 2.24) is 4.98 Å². The van der Waals surface area contributed by atoms with Gasteiger partial charge in [0.1, 0.15) is 0 Å². The van der Waals surface area contributed by atoms with Crippen LogP contribution in [0.1, 0.15) is 15.9 Å². The fraction of sp³-hybridized carbons (Fsp3) is 0.0769. The monoisotopic (exact) mass is 273 g/mol. The first-order chi connectivity index (χ1) is 9.47. The molecule has 0 saturated carbocycles. The lowest BCUT2D eigenvalue weighted by atomic mass is 10.2. The molecule has 0 unspecified atom stereocenters. The normalized spacial score (nSPS) is 10.1. The molecule has 0 bridgehead atoms. The summed E-state index contributed by atoms with van der Waals surface area (Å²) in [5, 5.41) is 22.6. The van der Waals surface area contributed by atoms with Gasteiger partial charge in [0.2, 0.25) is 5.82 Å². The number of carboxylic acid groups (broad SMARTS) is 1. The standard InChI is InChI=1S/C13H11N3O4/c1-8-2-4-10(5-3-8)15-12-11(16(19)20)6-9(7-14-12)13(17)18/h2-7H,1H3,(H,14,15)(H,17,18). The highest BCUT2D eigenvalue weighted by Crippen LogP contribution is 2.26. The number of carbonyl (C=O) groups is 1. The zero-order chi connectivity index (χ0) is 14.7. The number of nitrogens with zero attached hydrogens (tertiary/aromatic N) is 2. The van der Waals surface area contributed by atoms with E-state index in [1.165, 1.54) is 0 Å². The van der Waals surface area contributed by atoms with Crippen LogP contribution in [0.4, 0.5) is 17.2 Å². The largest absolute Gasteiger partial charge is 0.478 e. The Hall–Kier alpha value is -2.96. The van der Waals surface area contributed by atoms with Crippen molar-refractivity contribution in [2.45, 2.75) is 6.92 Å². The van der Waals surface area contributed by atoms with Crippen LogP contribution in [-0.4, -0.2) is 21.0 Å². The topological polar surface area (TPSA) is 105 Å².